The molecular weight excluding hydrogens is 310 g/mol. The van der Waals surface area contributed by atoms with Crippen molar-refractivity contribution in [3.8, 4) is 5.75 Å². The summed E-state index contributed by atoms with van der Waals surface area (Å²) in [6, 6.07) is 6.78. The van der Waals surface area contributed by atoms with Crippen molar-refractivity contribution < 1.29 is 24.2 Å². The van der Waals surface area contributed by atoms with Crippen molar-refractivity contribution in [2.24, 2.45) is 0 Å². The SMILES string of the molecule is CC(=O)c1cccc(OCCCC(=O)N2CCCC2CC(=O)O)c1. The number of carboxylic acid groups (broad SMARTS) is 1. The maximum Gasteiger partial charge on any atom is 0.305 e. The van der Waals surface area contributed by atoms with E-state index < -0.39 is 5.97 Å². The fourth-order valence-corrected chi connectivity index (χ4v) is 2.94. The van der Waals surface area contributed by atoms with Crippen LogP contribution in [0.25, 0.3) is 0 Å². The molecule has 24 heavy (non-hydrogen) atoms. The Balaban J connectivity index is 1.75. The number of ketones is 1. The lowest BCUT2D eigenvalue weighted by molar-refractivity contribution is -0.140. The summed E-state index contributed by atoms with van der Waals surface area (Å²) in [6.45, 7) is 2.52. The van der Waals surface area contributed by atoms with Crippen LogP contribution in [0.1, 0.15) is 49.4 Å². The molecule has 1 heterocycles. The molecule has 0 saturated carbocycles. The molecule has 0 radical (unpaired) electrons. The number of aliphatic carboxylic acids is 1. The van der Waals surface area contributed by atoms with E-state index in [-0.39, 0.29) is 24.2 Å². The van der Waals surface area contributed by atoms with Gasteiger partial charge >= 0.3 is 5.97 Å². The number of Topliss-reactive ketones (excluding diaryl/α,β-unsaturated/α-hetero) is 1. The smallest absolute Gasteiger partial charge is 0.305 e. The number of hydrogen-bond acceptors (Lipinski definition) is 4. The zero-order valence-electron chi connectivity index (χ0n) is 13.9. The second kappa shape index (κ2) is 8.47. The van der Waals surface area contributed by atoms with Crippen LogP contribution in [-0.2, 0) is 9.59 Å². The molecule has 6 heteroatoms. The summed E-state index contributed by atoms with van der Waals surface area (Å²) < 4.78 is 5.58. The van der Waals surface area contributed by atoms with E-state index in [1.54, 1.807) is 29.2 Å². The minimum Gasteiger partial charge on any atom is -0.494 e. The van der Waals surface area contributed by atoms with Crippen molar-refractivity contribution >= 4 is 17.7 Å². The number of hydrogen-bond donors (Lipinski definition) is 1. The molecule has 1 aromatic carbocycles. The van der Waals surface area contributed by atoms with Gasteiger partial charge in [-0.15, -0.1) is 0 Å². The Labute approximate surface area is 141 Å². The Morgan fingerprint density at radius 2 is 2.12 bits per heavy atom. The van der Waals surface area contributed by atoms with Crippen molar-refractivity contribution in [3.05, 3.63) is 29.8 Å². The summed E-state index contributed by atoms with van der Waals surface area (Å²) in [7, 11) is 0. The number of amides is 1. The number of nitrogens with zero attached hydrogens (tertiary/aromatic N) is 1. The fourth-order valence-electron chi connectivity index (χ4n) is 2.94. The van der Waals surface area contributed by atoms with E-state index in [2.05, 4.69) is 0 Å². The predicted molar refractivity (Wildman–Crippen MR) is 88.2 cm³/mol. The zero-order valence-corrected chi connectivity index (χ0v) is 13.9. The summed E-state index contributed by atoms with van der Waals surface area (Å²) in [6.07, 6.45) is 2.52. The lowest BCUT2D eigenvalue weighted by atomic mass is 10.1. The molecule has 1 N–H and O–H groups in total. The summed E-state index contributed by atoms with van der Waals surface area (Å²) in [5.41, 5.74) is 0.595. The summed E-state index contributed by atoms with van der Waals surface area (Å²) in [5.74, 6) is -0.289. The first-order valence-corrected chi connectivity index (χ1v) is 8.22. The first kappa shape index (κ1) is 18.0. The molecule has 2 rings (SSSR count). The van der Waals surface area contributed by atoms with Crippen LogP contribution in [0.2, 0.25) is 0 Å². The molecule has 0 bridgehead atoms. The fraction of sp³-hybridized carbons (Fsp3) is 0.500. The number of ether oxygens (including phenoxy) is 1. The highest BCUT2D eigenvalue weighted by molar-refractivity contribution is 5.94. The van der Waals surface area contributed by atoms with Crippen LogP contribution in [0.5, 0.6) is 5.75 Å². The number of likely N-dealkylation sites (tertiary alicyclic amines) is 1. The van der Waals surface area contributed by atoms with Gasteiger partial charge in [0, 0.05) is 24.6 Å². The predicted octanol–water partition coefficient (Wildman–Crippen LogP) is 2.51. The molecule has 1 aliphatic heterocycles. The normalized spacial score (nSPS) is 16.9. The largest absolute Gasteiger partial charge is 0.494 e. The van der Waals surface area contributed by atoms with Gasteiger partial charge in [0.15, 0.2) is 5.78 Å². The van der Waals surface area contributed by atoms with E-state index in [0.717, 1.165) is 12.8 Å². The highest BCUT2D eigenvalue weighted by Gasteiger charge is 2.29. The molecule has 1 aliphatic rings. The Hall–Kier alpha value is -2.37. The third kappa shape index (κ3) is 5.08. The van der Waals surface area contributed by atoms with Gasteiger partial charge in [0.2, 0.25) is 5.91 Å². The first-order chi connectivity index (χ1) is 11.5. The van der Waals surface area contributed by atoms with Crippen molar-refractivity contribution in [2.45, 2.75) is 45.1 Å². The van der Waals surface area contributed by atoms with Crippen molar-refractivity contribution in [1.29, 1.82) is 0 Å². The number of rotatable bonds is 8. The lowest BCUT2D eigenvalue weighted by Crippen LogP contribution is -2.36. The highest BCUT2D eigenvalue weighted by atomic mass is 16.5. The maximum atomic E-state index is 12.2. The summed E-state index contributed by atoms with van der Waals surface area (Å²) in [4.78, 5) is 36.1. The topological polar surface area (TPSA) is 83.9 Å². The van der Waals surface area contributed by atoms with E-state index in [1.165, 1.54) is 6.92 Å². The van der Waals surface area contributed by atoms with Gasteiger partial charge in [-0.3, -0.25) is 14.4 Å². The molecule has 1 saturated heterocycles. The second-order valence-corrected chi connectivity index (χ2v) is 6.02. The van der Waals surface area contributed by atoms with Gasteiger partial charge < -0.3 is 14.7 Å². The lowest BCUT2D eigenvalue weighted by Gasteiger charge is -2.23. The third-order valence-electron chi connectivity index (χ3n) is 4.15. The van der Waals surface area contributed by atoms with Crippen LogP contribution in [0.4, 0.5) is 0 Å². The molecule has 1 unspecified atom stereocenters. The third-order valence-corrected chi connectivity index (χ3v) is 4.15. The average Bonchev–Trinajstić information content (AvgIpc) is 2.99. The van der Waals surface area contributed by atoms with Crippen LogP contribution in [-0.4, -0.2) is 46.9 Å². The Bertz CT molecular complexity index is 613. The van der Waals surface area contributed by atoms with Crippen molar-refractivity contribution in [3.63, 3.8) is 0 Å². The van der Waals surface area contributed by atoms with Gasteiger partial charge in [-0.2, -0.15) is 0 Å². The van der Waals surface area contributed by atoms with Gasteiger partial charge in [0.25, 0.3) is 0 Å². The monoisotopic (exact) mass is 333 g/mol. The minimum atomic E-state index is -0.867. The number of carbonyl (C=O) groups is 3. The number of carbonyl (C=O) groups excluding carboxylic acids is 2. The molecule has 0 aromatic heterocycles. The van der Waals surface area contributed by atoms with E-state index in [1.807, 2.05) is 0 Å². The molecule has 0 aliphatic carbocycles. The van der Waals surface area contributed by atoms with Crippen LogP contribution in [0.15, 0.2) is 24.3 Å². The first-order valence-electron chi connectivity index (χ1n) is 8.22. The Morgan fingerprint density at radius 1 is 1.33 bits per heavy atom. The molecule has 1 atom stereocenters. The maximum absolute atomic E-state index is 12.2. The van der Waals surface area contributed by atoms with E-state index in [9.17, 15) is 14.4 Å². The number of benzene rings is 1. The van der Waals surface area contributed by atoms with E-state index in [0.29, 0.717) is 37.3 Å². The van der Waals surface area contributed by atoms with Crippen LogP contribution < -0.4 is 4.74 Å². The molecule has 1 aromatic rings. The Kier molecular flexibility index (Phi) is 6.35. The Morgan fingerprint density at radius 3 is 2.83 bits per heavy atom. The molecular formula is C18H23NO5. The van der Waals surface area contributed by atoms with E-state index in [4.69, 9.17) is 9.84 Å². The van der Waals surface area contributed by atoms with Gasteiger partial charge in [-0.1, -0.05) is 12.1 Å². The molecule has 130 valence electrons. The van der Waals surface area contributed by atoms with Crippen LogP contribution in [0, 0.1) is 0 Å². The molecule has 6 nitrogen and oxygen atoms in total. The van der Waals surface area contributed by atoms with Gasteiger partial charge in [-0.05, 0) is 38.3 Å². The van der Waals surface area contributed by atoms with Crippen molar-refractivity contribution in [1.82, 2.24) is 4.90 Å². The van der Waals surface area contributed by atoms with Gasteiger partial charge in [0.1, 0.15) is 5.75 Å². The van der Waals surface area contributed by atoms with Gasteiger partial charge in [0.05, 0.1) is 13.0 Å². The average molecular weight is 333 g/mol. The van der Waals surface area contributed by atoms with Gasteiger partial charge in [-0.25, -0.2) is 0 Å². The van der Waals surface area contributed by atoms with Crippen LogP contribution in [0.3, 0.4) is 0 Å². The molecule has 1 fully saturated rings. The number of carboxylic acids is 1. The minimum absolute atomic E-state index is 0.0140. The van der Waals surface area contributed by atoms with Crippen LogP contribution >= 0.6 is 0 Å². The molecule has 1 amide bonds. The van der Waals surface area contributed by atoms with E-state index >= 15 is 0 Å². The quantitative estimate of drug-likeness (QED) is 0.584. The standard InChI is InChI=1S/C18H23NO5/c1-13(20)14-5-2-7-16(11-14)24-10-4-8-17(21)19-9-3-6-15(19)12-18(22)23/h2,5,7,11,15H,3-4,6,8-10,12H2,1H3,(H,22,23). The zero-order chi connectivity index (χ0) is 17.5. The second-order valence-electron chi connectivity index (χ2n) is 6.02. The highest BCUT2D eigenvalue weighted by Crippen LogP contribution is 2.21. The molecule has 0 spiro atoms. The summed E-state index contributed by atoms with van der Waals surface area (Å²) >= 11 is 0. The summed E-state index contributed by atoms with van der Waals surface area (Å²) in [5, 5.41) is 8.89. The van der Waals surface area contributed by atoms with Crippen molar-refractivity contribution in [2.75, 3.05) is 13.2 Å².